The summed E-state index contributed by atoms with van der Waals surface area (Å²) in [6.45, 7) is 2.77. The number of hydrogen-bond acceptors (Lipinski definition) is 2. The Bertz CT molecular complexity index is 840. The number of rotatable bonds is 2. The SMILES string of the molecule is CCn1c(-c2c(Cl)ccc(Cl)c2N)nc2cc(Cl)ccc21. The first kappa shape index (κ1) is 14.5. The number of nitrogen functional groups attached to an aromatic ring is 1. The Balaban J connectivity index is 2.38. The zero-order chi connectivity index (χ0) is 15.1. The van der Waals surface area contributed by atoms with Gasteiger partial charge in [0.1, 0.15) is 5.82 Å². The van der Waals surface area contributed by atoms with E-state index < -0.39 is 0 Å². The number of halogens is 3. The Labute approximate surface area is 137 Å². The Hall–Kier alpha value is -1.42. The van der Waals surface area contributed by atoms with Crippen molar-refractivity contribution in [3.8, 4) is 11.4 Å². The van der Waals surface area contributed by atoms with Gasteiger partial charge in [0.15, 0.2) is 0 Å². The van der Waals surface area contributed by atoms with Gasteiger partial charge in [0.2, 0.25) is 0 Å². The van der Waals surface area contributed by atoms with Crippen molar-refractivity contribution in [1.29, 1.82) is 0 Å². The van der Waals surface area contributed by atoms with Crippen LogP contribution in [0.2, 0.25) is 15.1 Å². The van der Waals surface area contributed by atoms with E-state index in [1.54, 1.807) is 12.1 Å². The summed E-state index contributed by atoms with van der Waals surface area (Å²) in [5.74, 6) is 0.694. The number of benzene rings is 2. The predicted molar refractivity (Wildman–Crippen MR) is 90.3 cm³/mol. The van der Waals surface area contributed by atoms with Crippen LogP contribution in [0.1, 0.15) is 6.92 Å². The Morgan fingerprint density at radius 3 is 2.52 bits per heavy atom. The minimum atomic E-state index is 0.431. The average Bonchev–Trinajstić information content (AvgIpc) is 2.80. The molecule has 3 rings (SSSR count). The van der Waals surface area contributed by atoms with Crippen molar-refractivity contribution in [2.45, 2.75) is 13.5 Å². The van der Waals surface area contributed by atoms with Crippen LogP contribution >= 0.6 is 34.8 Å². The maximum atomic E-state index is 6.31. The summed E-state index contributed by atoms with van der Waals surface area (Å²) in [6.07, 6.45) is 0. The van der Waals surface area contributed by atoms with Gasteiger partial charge in [-0.2, -0.15) is 0 Å². The molecule has 0 radical (unpaired) electrons. The molecule has 0 saturated carbocycles. The van der Waals surface area contributed by atoms with Crippen LogP contribution < -0.4 is 5.73 Å². The number of nitrogens with zero attached hydrogens (tertiary/aromatic N) is 2. The lowest BCUT2D eigenvalue weighted by Crippen LogP contribution is -2.01. The molecule has 21 heavy (non-hydrogen) atoms. The molecule has 0 aliphatic carbocycles. The van der Waals surface area contributed by atoms with Crippen LogP contribution in [0.4, 0.5) is 5.69 Å². The summed E-state index contributed by atoms with van der Waals surface area (Å²) in [5.41, 5.74) is 8.96. The molecule has 1 aromatic heterocycles. The topological polar surface area (TPSA) is 43.8 Å². The third-order valence-corrected chi connectivity index (χ3v) is 4.27. The molecule has 0 aliphatic rings. The zero-order valence-electron chi connectivity index (χ0n) is 11.2. The van der Waals surface area contributed by atoms with Crippen molar-refractivity contribution in [3.63, 3.8) is 0 Å². The van der Waals surface area contributed by atoms with E-state index in [4.69, 9.17) is 40.5 Å². The van der Waals surface area contributed by atoms with Gasteiger partial charge >= 0.3 is 0 Å². The molecular formula is C15H12Cl3N3. The largest absolute Gasteiger partial charge is 0.397 e. The molecular weight excluding hydrogens is 329 g/mol. The maximum Gasteiger partial charge on any atom is 0.144 e. The molecule has 0 spiro atoms. The highest BCUT2D eigenvalue weighted by molar-refractivity contribution is 6.37. The van der Waals surface area contributed by atoms with Crippen LogP contribution in [-0.4, -0.2) is 9.55 Å². The van der Waals surface area contributed by atoms with Crippen molar-refractivity contribution >= 4 is 51.5 Å². The van der Waals surface area contributed by atoms with Gasteiger partial charge in [0.05, 0.1) is 32.3 Å². The normalized spacial score (nSPS) is 11.2. The average molecular weight is 341 g/mol. The zero-order valence-corrected chi connectivity index (χ0v) is 13.5. The van der Waals surface area contributed by atoms with Crippen molar-refractivity contribution in [2.75, 3.05) is 5.73 Å². The lowest BCUT2D eigenvalue weighted by atomic mass is 10.1. The fraction of sp³-hybridized carbons (Fsp3) is 0.133. The smallest absolute Gasteiger partial charge is 0.144 e. The highest BCUT2D eigenvalue weighted by Gasteiger charge is 2.18. The van der Waals surface area contributed by atoms with E-state index in [2.05, 4.69) is 4.98 Å². The van der Waals surface area contributed by atoms with Gasteiger partial charge in [-0.1, -0.05) is 34.8 Å². The van der Waals surface area contributed by atoms with Gasteiger partial charge in [-0.3, -0.25) is 0 Å². The number of aryl methyl sites for hydroxylation is 1. The van der Waals surface area contributed by atoms with Crippen LogP contribution in [0.25, 0.3) is 22.4 Å². The van der Waals surface area contributed by atoms with E-state index >= 15 is 0 Å². The van der Waals surface area contributed by atoms with E-state index in [1.165, 1.54) is 0 Å². The van der Waals surface area contributed by atoms with Gasteiger partial charge in [0, 0.05) is 11.6 Å². The highest BCUT2D eigenvalue weighted by atomic mass is 35.5. The Morgan fingerprint density at radius 2 is 1.81 bits per heavy atom. The molecule has 2 N–H and O–H groups in total. The first-order valence-electron chi connectivity index (χ1n) is 6.42. The first-order chi connectivity index (χ1) is 10.0. The number of fused-ring (bicyclic) bond motifs is 1. The number of imidazole rings is 1. The summed E-state index contributed by atoms with van der Waals surface area (Å²) < 4.78 is 2.04. The highest BCUT2D eigenvalue weighted by Crippen LogP contribution is 2.38. The molecule has 6 heteroatoms. The number of anilines is 1. The molecule has 1 heterocycles. The van der Waals surface area contributed by atoms with E-state index in [1.807, 2.05) is 29.7 Å². The van der Waals surface area contributed by atoms with Crippen molar-refractivity contribution < 1.29 is 0 Å². The van der Waals surface area contributed by atoms with Crippen LogP contribution in [-0.2, 0) is 6.54 Å². The van der Waals surface area contributed by atoms with Crippen LogP contribution in [0.5, 0.6) is 0 Å². The molecule has 0 amide bonds. The van der Waals surface area contributed by atoms with Gasteiger partial charge in [-0.05, 0) is 37.3 Å². The van der Waals surface area contributed by atoms with Crippen molar-refractivity contribution in [3.05, 3.63) is 45.4 Å². The van der Waals surface area contributed by atoms with Gasteiger partial charge in [-0.25, -0.2) is 4.98 Å². The molecule has 0 aliphatic heterocycles. The van der Waals surface area contributed by atoms with Crippen LogP contribution in [0.15, 0.2) is 30.3 Å². The summed E-state index contributed by atoms with van der Waals surface area (Å²) in [7, 11) is 0. The lowest BCUT2D eigenvalue weighted by molar-refractivity contribution is 0.796. The molecule has 0 bridgehead atoms. The molecule has 0 atom stereocenters. The summed E-state index contributed by atoms with van der Waals surface area (Å²) in [5, 5.41) is 1.62. The van der Waals surface area contributed by atoms with Gasteiger partial charge < -0.3 is 10.3 Å². The molecule has 0 saturated heterocycles. The molecule has 3 aromatic rings. The number of nitrogens with two attached hydrogens (primary N) is 1. The van der Waals surface area contributed by atoms with Crippen molar-refractivity contribution in [2.24, 2.45) is 0 Å². The fourth-order valence-corrected chi connectivity index (χ4v) is 2.98. The molecule has 108 valence electrons. The number of aromatic nitrogens is 2. The van der Waals surface area contributed by atoms with Crippen molar-refractivity contribution in [1.82, 2.24) is 9.55 Å². The fourth-order valence-electron chi connectivity index (χ4n) is 2.41. The molecule has 3 nitrogen and oxygen atoms in total. The standard InChI is InChI=1S/C15H12Cl3N3/c1-2-21-12-6-3-8(16)7-11(12)20-15(21)13-9(17)4-5-10(18)14(13)19/h3-7H,2,19H2,1H3. The first-order valence-corrected chi connectivity index (χ1v) is 7.56. The Kier molecular flexibility index (Phi) is 3.74. The third kappa shape index (κ3) is 2.35. The molecule has 0 unspecified atom stereocenters. The predicted octanol–water partition coefficient (Wildman–Crippen LogP) is 5.27. The van der Waals surface area contributed by atoms with E-state index in [9.17, 15) is 0 Å². The van der Waals surface area contributed by atoms with Gasteiger partial charge in [-0.15, -0.1) is 0 Å². The number of hydrogen-bond donors (Lipinski definition) is 1. The summed E-state index contributed by atoms with van der Waals surface area (Å²) >= 11 is 18.5. The lowest BCUT2D eigenvalue weighted by Gasteiger charge is -2.11. The molecule has 0 fully saturated rings. The van der Waals surface area contributed by atoms with Crippen LogP contribution in [0, 0.1) is 0 Å². The maximum absolute atomic E-state index is 6.31. The second-order valence-electron chi connectivity index (χ2n) is 4.63. The monoisotopic (exact) mass is 339 g/mol. The second-order valence-corrected chi connectivity index (χ2v) is 5.88. The van der Waals surface area contributed by atoms with E-state index in [0.29, 0.717) is 32.1 Å². The van der Waals surface area contributed by atoms with Crippen LogP contribution in [0.3, 0.4) is 0 Å². The molecule has 2 aromatic carbocycles. The summed E-state index contributed by atoms with van der Waals surface area (Å²) in [6, 6.07) is 9.00. The van der Waals surface area contributed by atoms with E-state index in [-0.39, 0.29) is 0 Å². The van der Waals surface area contributed by atoms with E-state index in [0.717, 1.165) is 17.6 Å². The van der Waals surface area contributed by atoms with Gasteiger partial charge in [0.25, 0.3) is 0 Å². The quantitative estimate of drug-likeness (QED) is 0.646. The second kappa shape index (κ2) is 5.41. The minimum absolute atomic E-state index is 0.431. The Morgan fingerprint density at radius 1 is 1.10 bits per heavy atom. The third-order valence-electron chi connectivity index (χ3n) is 3.39. The minimum Gasteiger partial charge on any atom is -0.397 e. The summed E-state index contributed by atoms with van der Waals surface area (Å²) in [4.78, 5) is 4.63.